The molecule has 2 fully saturated rings. The number of phosphoric acid groups is 1. The standard InChI is InChI=1S/C12H23O14P/c13-1-3-5(15)6(16)8(18)11(23-3)25-10-4(2-14)24-12(9(19)7(10)17)26-27(20,21)22/h3-19H,1-2H2,(H2,20,21,22)/t3-,4+,5+,6-,7+,8+,9+,10+,11+,12-/m1/s1. The fraction of sp³-hybridized carbons (Fsp3) is 1.00. The van der Waals surface area contributed by atoms with E-state index in [0.717, 1.165) is 0 Å². The van der Waals surface area contributed by atoms with Crippen LogP contribution in [0.25, 0.3) is 0 Å². The molecule has 0 aromatic carbocycles. The lowest BCUT2D eigenvalue weighted by atomic mass is 9.97. The van der Waals surface area contributed by atoms with Crippen molar-refractivity contribution in [1.82, 2.24) is 0 Å². The van der Waals surface area contributed by atoms with Crippen LogP contribution in [0.15, 0.2) is 0 Å². The second-order valence-electron chi connectivity index (χ2n) is 6.10. The molecule has 14 nitrogen and oxygen atoms in total. The predicted molar refractivity (Wildman–Crippen MR) is 79.5 cm³/mol. The minimum Gasteiger partial charge on any atom is -0.394 e. The third-order valence-corrected chi connectivity index (χ3v) is 4.68. The van der Waals surface area contributed by atoms with E-state index in [-0.39, 0.29) is 0 Å². The second kappa shape index (κ2) is 9.02. The SMILES string of the molecule is O=P(O)(O)O[C@H]1O[C@@H](CO)[C@H](O[C@@H]2O[C@H](CO)[C@H](O)[C@@H](O)[C@@H]2O)[C@@H](O)[C@@H]1O. The van der Waals surface area contributed by atoms with E-state index in [1.807, 2.05) is 0 Å². The quantitative estimate of drug-likeness (QED) is 0.182. The van der Waals surface area contributed by atoms with Crippen LogP contribution in [0.4, 0.5) is 0 Å². The maximum Gasteiger partial charge on any atom is 0.472 e. The second-order valence-corrected chi connectivity index (χ2v) is 7.29. The highest BCUT2D eigenvalue weighted by molar-refractivity contribution is 7.46. The van der Waals surface area contributed by atoms with Gasteiger partial charge in [-0.15, -0.1) is 0 Å². The maximum atomic E-state index is 10.9. The zero-order chi connectivity index (χ0) is 20.5. The molecular formula is C12H23O14P. The molecule has 2 aliphatic rings. The molecule has 0 saturated carbocycles. The third-order valence-electron chi connectivity index (χ3n) is 4.20. The van der Waals surface area contributed by atoms with Gasteiger partial charge in [-0.05, 0) is 0 Å². The molecular weight excluding hydrogens is 399 g/mol. The van der Waals surface area contributed by atoms with E-state index in [9.17, 15) is 35.2 Å². The molecule has 0 aliphatic carbocycles. The van der Waals surface area contributed by atoms with Crippen LogP contribution in [0, 0.1) is 0 Å². The summed E-state index contributed by atoms with van der Waals surface area (Å²) in [6.07, 6.45) is -17.3. The van der Waals surface area contributed by atoms with E-state index < -0.39 is 82.4 Å². The highest BCUT2D eigenvalue weighted by Crippen LogP contribution is 2.41. The first kappa shape index (κ1) is 23.0. The zero-order valence-electron chi connectivity index (χ0n) is 13.7. The molecule has 10 atom stereocenters. The summed E-state index contributed by atoms with van der Waals surface area (Å²) in [7, 11) is -5.10. The van der Waals surface area contributed by atoms with Crippen LogP contribution in [0.1, 0.15) is 0 Å². The van der Waals surface area contributed by atoms with E-state index in [1.165, 1.54) is 0 Å². The molecule has 15 heteroatoms. The lowest BCUT2D eigenvalue weighted by Crippen LogP contribution is -2.64. The molecule has 27 heavy (non-hydrogen) atoms. The molecule has 160 valence electrons. The normalized spacial score (nSPS) is 46.4. The average molecular weight is 422 g/mol. The molecule has 0 bridgehead atoms. The highest BCUT2D eigenvalue weighted by Gasteiger charge is 2.51. The summed E-state index contributed by atoms with van der Waals surface area (Å²) in [6, 6.07) is 0. The molecule has 9 N–H and O–H groups in total. The zero-order valence-corrected chi connectivity index (χ0v) is 14.6. The average Bonchev–Trinajstić information content (AvgIpc) is 2.60. The smallest absolute Gasteiger partial charge is 0.394 e. The van der Waals surface area contributed by atoms with Crippen molar-refractivity contribution >= 4 is 7.82 Å². The summed E-state index contributed by atoms with van der Waals surface area (Å²) < 4.78 is 30.4. The Kier molecular flexibility index (Phi) is 7.68. The lowest BCUT2D eigenvalue weighted by Gasteiger charge is -2.45. The first-order chi connectivity index (χ1) is 12.5. The number of phosphoric ester groups is 1. The molecule has 2 aliphatic heterocycles. The van der Waals surface area contributed by atoms with Gasteiger partial charge in [-0.1, -0.05) is 0 Å². The third kappa shape index (κ3) is 5.20. The van der Waals surface area contributed by atoms with Gasteiger partial charge in [-0.3, -0.25) is 4.52 Å². The molecule has 2 heterocycles. The number of hydrogen-bond donors (Lipinski definition) is 9. The van der Waals surface area contributed by atoms with Crippen LogP contribution in [0.2, 0.25) is 0 Å². The summed E-state index contributed by atoms with van der Waals surface area (Å²) in [5.41, 5.74) is 0. The van der Waals surface area contributed by atoms with E-state index in [4.69, 9.17) is 29.1 Å². The molecule has 2 saturated heterocycles. The monoisotopic (exact) mass is 422 g/mol. The van der Waals surface area contributed by atoms with E-state index >= 15 is 0 Å². The Morgan fingerprint density at radius 1 is 0.741 bits per heavy atom. The van der Waals surface area contributed by atoms with Gasteiger partial charge < -0.3 is 59.7 Å². The van der Waals surface area contributed by atoms with Crippen LogP contribution in [0.5, 0.6) is 0 Å². The van der Waals surface area contributed by atoms with Gasteiger partial charge in [0.05, 0.1) is 13.2 Å². The van der Waals surface area contributed by atoms with Crippen LogP contribution in [0.3, 0.4) is 0 Å². The van der Waals surface area contributed by atoms with Crippen LogP contribution >= 0.6 is 7.82 Å². The maximum absolute atomic E-state index is 10.9. The first-order valence-corrected chi connectivity index (χ1v) is 9.35. The van der Waals surface area contributed by atoms with Gasteiger partial charge in [-0.25, -0.2) is 4.57 Å². The number of ether oxygens (including phenoxy) is 3. The number of aliphatic hydroxyl groups excluding tert-OH is 7. The molecule has 0 unspecified atom stereocenters. The van der Waals surface area contributed by atoms with Crippen LogP contribution in [-0.2, 0) is 23.3 Å². The number of rotatable bonds is 6. The van der Waals surface area contributed by atoms with Crippen LogP contribution < -0.4 is 0 Å². The first-order valence-electron chi connectivity index (χ1n) is 7.82. The summed E-state index contributed by atoms with van der Waals surface area (Å²) in [5.74, 6) is 0. The van der Waals surface area contributed by atoms with Crippen molar-refractivity contribution < 1.29 is 68.8 Å². The summed E-state index contributed by atoms with van der Waals surface area (Å²) >= 11 is 0. The Hall–Kier alpha value is -0.290. The van der Waals surface area contributed by atoms with Gasteiger partial charge >= 0.3 is 7.82 Å². The van der Waals surface area contributed by atoms with Gasteiger partial charge in [0.1, 0.15) is 48.8 Å². The molecule has 0 amide bonds. The topological polar surface area (TPSA) is 236 Å². The van der Waals surface area contributed by atoms with Gasteiger partial charge in [0.2, 0.25) is 0 Å². The Balaban J connectivity index is 2.14. The van der Waals surface area contributed by atoms with Crippen molar-refractivity contribution in [3.8, 4) is 0 Å². The lowest BCUT2D eigenvalue weighted by molar-refractivity contribution is -0.353. The molecule has 0 aromatic rings. The highest BCUT2D eigenvalue weighted by atomic mass is 31.2. The molecule has 0 aromatic heterocycles. The Morgan fingerprint density at radius 3 is 1.78 bits per heavy atom. The predicted octanol–water partition coefficient (Wildman–Crippen LogP) is -5.28. The van der Waals surface area contributed by atoms with Crippen molar-refractivity contribution in [2.45, 2.75) is 61.4 Å². The van der Waals surface area contributed by atoms with Crippen LogP contribution in [-0.4, -0.2) is 120 Å². The largest absolute Gasteiger partial charge is 0.472 e. The summed E-state index contributed by atoms with van der Waals surface area (Å²) in [5, 5.41) is 68.0. The van der Waals surface area contributed by atoms with E-state index in [2.05, 4.69) is 4.52 Å². The van der Waals surface area contributed by atoms with Gasteiger partial charge in [0.25, 0.3) is 0 Å². The van der Waals surface area contributed by atoms with Crippen molar-refractivity contribution in [2.24, 2.45) is 0 Å². The number of hydrogen-bond acceptors (Lipinski definition) is 12. The van der Waals surface area contributed by atoms with Gasteiger partial charge in [0.15, 0.2) is 12.6 Å². The van der Waals surface area contributed by atoms with E-state index in [0.29, 0.717) is 0 Å². The van der Waals surface area contributed by atoms with Crippen molar-refractivity contribution in [3.63, 3.8) is 0 Å². The fourth-order valence-electron chi connectivity index (χ4n) is 2.78. The Morgan fingerprint density at radius 2 is 1.26 bits per heavy atom. The van der Waals surface area contributed by atoms with E-state index in [1.54, 1.807) is 0 Å². The minimum absolute atomic E-state index is 0.737. The molecule has 2 rings (SSSR count). The summed E-state index contributed by atoms with van der Waals surface area (Å²) in [6.45, 7) is -1.59. The van der Waals surface area contributed by atoms with Crippen molar-refractivity contribution in [2.75, 3.05) is 13.2 Å². The molecule has 0 radical (unpaired) electrons. The fourth-order valence-corrected chi connectivity index (χ4v) is 3.22. The number of aliphatic hydroxyl groups is 7. The van der Waals surface area contributed by atoms with Gasteiger partial charge in [-0.2, -0.15) is 0 Å². The summed E-state index contributed by atoms with van der Waals surface area (Å²) in [4.78, 5) is 17.6. The Labute approximate surface area is 152 Å². The van der Waals surface area contributed by atoms with Crippen molar-refractivity contribution in [3.05, 3.63) is 0 Å². The van der Waals surface area contributed by atoms with Gasteiger partial charge in [0, 0.05) is 0 Å². The molecule has 0 spiro atoms. The Bertz CT molecular complexity index is 524. The minimum atomic E-state index is -5.10. The van der Waals surface area contributed by atoms with Crippen molar-refractivity contribution in [1.29, 1.82) is 0 Å².